The quantitative estimate of drug-likeness (QED) is 0.135. The number of nitrogens with zero attached hydrogens (tertiary/aromatic N) is 1. The van der Waals surface area contributed by atoms with E-state index in [1.54, 1.807) is 0 Å². The lowest BCUT2D eigenvalue weighted by Crippen LogP contribution is -2.28. The molecule has 0 radical (unpaired) electrons. The summed E-state index contributed by atoms with van der Waals surface area (Å²) < 4.78 is 6.44. The van der Waals surface area contributed by atoms with E-state index in [-0.39, 0.29) is 5.41 Å². The summed E-state index contributed by atoms with van der Waals surface area (Å²) in [6.07, 6.45) is 0. The van der Waals surface area contributed by atoms with E-state index in [4.69, 9.17) is 4.74 Å². The molecule has 78 heavy (non-hydrogen) atoms. The number of para-hydroxylation sites is 1. The standard InChI is InChI=1S/C76H55NO/c1-75(2)69-29-17-18-30-73(69)78-74-48-39-59(51-72(74)75)54-33-42-63(43-34-54)77(64-44-35-56(36-45-64)66-28-16-15-27-65(66)55-21-9-4-10-22-55)62-40-31-53(32-41-62)58-38-47-68-67-46-37-57(52-19-7-3-8-20-52)49-70(67)76(71(68)50-58,60-23-11-5-12-24-60)61-25-13-6-14-26-61/h3-51H,1-2H3. The Kier molecular flexibility index (Phi) is 11.5. The summed E-state index contributed by atoms with van der Waals surface area (Å²) >= 11 is 0. The summed E-state index contributed by atoms with van der Waals surface area (Å²) in [6.45, 7) is 4.59. The minimum absolute atomic E-state index is 0.207. The van der Waals surface area contributed by atoms with Crippen LogP contribution in [0, 0.1) is 0 Å². The van der Waals surface area contributed by atoms with Crippen LogP contribution in [0.25, 0.3) is 66.8 Å². The van der Waals surface area contributed by atoms with Crippen molar-refractivity contribution in [3.63, 3.8) is 0 Å². The highest BCUT2D eigenvalue weighted by Crippen LogP contribution is 2.58. The Morgan fingerprint density at radius 3 is 1.10 bits per heavy atom. The van der Waals surface area contributed by atoms with Gasteiger partial charge in [-0.1, -0.05) is 244 Å². The SMILES string of the molecule is CC1(C)c2ccccc2Oc2ccc(-c3ccc(N(c4ccc(-c5ccc6c(c5)C(c5ccccc5)(c5ccccc5)c5cc(-c7ccccc7)ccc5-6)cc4)c4ccc(-c5ccccc5-c5ccccc5)cc4)cc3)cc21. The number of rotatable bonds is 10. The molecule has 2 aliphatic rings. The van der Waals surface area contributed by atoms with Crippen molar-refractivity contribution in [2.24, 2.45) is 0 Å². The molecule has 2 heteroatoms. The Morgan fingerprint density at radius 1 is 0.256 bits per heavy atom. The van der Waals surface area contributed by atoms with Crippen molar-refractivity contribution in [3.8, 4) is 78.3 Å². The fourth-order valence-corrected chi connectivity index (χ4v) is 12.5. The van der Waals surface area contributed by atoms with E-state index in [1.807, 2.05) is 6.07 Å². The molecule has 0 amide bonds. The van der Waals surface area contributed by atoms with Gasteiger partial charge >= 0.3 is 0 Å². The van der Waals surface area contributed by atoms with Gasteiger partial charge in [-0.25, -0.2) is 0 Å². The number of hydrogen-bond acceptors (Lipinski definition) is 2. The van der Waals surface area contributed by atoms with E-state index in [2.05, 4.69) is 310 Å². The monoisotopic (exact) mass is 997 g/mol. The minimum atomic E-state index is -0.542. The first-order chi connectivity index (χ1) is 38.4. The fourth-order valence-electron chi connectivity index (χ4n) is 12.5. The maximum absolute atomic E-state index is 6.44. The first kappa shape index (κ1) is 46.7. The van der Waals surface area contributed by atoms with Gasteiger partial charge in [0.1, 0.15) is 11.5 Å². The maximum atomic E-state index is 6.44. The second-order valence-electron chi connectivity index (χ2n) is 21.2. The molecule has 0 unspecified atom stereocenters. The Balaban J connectivity index is 0.860. The van der Waals surface area contributed by atoms with Crippen LogP contribution in [-0.4, -0.2) is 0 Å². The molecule has 1 heterocycles. The van der Waals surface area contributed by atoms with Crippen molar-refractivity contribution in [2.45, 2.75) is 24.7 Å². The van der Waals surface area contributed by atoms with Crippen LogP contribution in [0.4, 0.5) is 17.1 Å². The zero-order chi connectivity index (χ0) is 52.2. The smallest absolute Gasteiger partial charge is 0.131 e. The Bertz CT molecular complexity index is 4110. The number of fused-ring (bicyclic) bond motifs is 5. The molecule has 0 saturated carbocycles. The zero-order valence-electron chi connectivity index (χ0n) is 43.6. The summed E-state index contributed by atoms with van der Waals surface area (Å²) in [5.41, 5.74) is 24.3. The van der Waals surface area contributed by atoms with Gasteiger partial charge in [-0.2, -0.15) is 0 Å². The summed E-state index contributed by atoms with van der Waals surface area (Å²) in [5.74, 6) is 1.84. The lowest BCUT2D eigenvalue weighted by Gasteiger charge is -2.34. The molecule has 0 bridgehead atoms. The van der Waals surface area contributed by atoms with Gasteiger partial charge < -0.3 is 9.64 Å². The molecule has 370 valence electrons. The van der Waals surface area contributed by atoms with Crippen LogP contribution in [0.15, 0.2) is 297 Å². The third kappa shape index (κ3) is 7.87. The predicted molar refractivity (Wildman–Crippen MR) is 324 cm³/mol. The molecule has 0 fully saturated rings. The van der Waals surface area contributed by atoms with Crippen LogP contribution in [0.5, 0.6) is 11.5 Å². The predicted octanol–water partition coefficient (Wildman–Crippen LogP) is 20.3. The molecular weight excluding hydrogens is 943 g/mol. The summed E-state index contributed by atoms with van der Waals surface area (Å²) in [7, 11) is 0. The van der Waals surface area contributed by atoms with Crippen molar-refractivity contribution in [1.82, 2.24) is 0 Å². The first-order valence-electron chi connectivity index (χ1n) is 27.1. The third-order valence-electron chi connectivity index (χ3n) is 16.5. The van der Waals surface area contributed by atoms with Gasteiger partial charge in [0, 0.05) is 33.6 Å². The highest BCUT2D eigenvalue weighted by Gasteiger charge is 2.46. The molecule has 0 aromatic heterocycles. The number of hydrogen-bond donors (Lipinski definition) is 0. The average Bonchev–Trinajstić information content (AvgIpc) is 3.68. The average molecular weight is 998 g/mol. The zero-order valence-corrected chi connectivity index (χ0v) is 43.6. The highest BCUT2D eigenvalue weighted by atomic mass is 16.5. The summed E-state index contributed by atoms with van der Waals surface area (Å²) in [4.78, 5) is 2.38. The molecule has 0 N–H and O–H groups in total. The Morgan fingerprint density at radius 2 is 0.603 bits per heavy atom. The van der Waals surface area contributed by atoms with Crippen molar-refractivity contribution in [3.05, 3.63) is 331 Å². The number of ether oxygens (including phenoxy) is 1. The van der Waals surface area contributed by atoms with Gasteiger partial charge in [0.2, 0.25) is 0 Å². The topological polar surface area (TPSA) is 12.5 Å². The maximum Gasteiger partial charge on any atom is 0.131 e. The first-order valence-corrected chi connectivity index (χ1v) is 27.1. The number of anilines is 3. The summed E-state index contributed by atoms with van der Waals surface area (Å²) in [5, 5.41) is 0. The van der Waals surface area contributed by atoms with Crippen molar-refractivity contribution < 1.29 is 4.74 Å². The molecule has 14 rings (SSSR count). The fraction of sp³-hybridized carbons (Fsp3) is 0.0526. The van der Waals surface area contributed by atoms with E-state index in [0.717, 1.165) is 45.3 Å². The minimum Gasteiger partial charge on any atom is -0.457 e. The lowest BCUT2D eigenvalue weighted by atomic mass is 9.67. The van der Waals surface area contributed by atoms with Crippen molar-refractivity contribution in [1.29, 1.82) is 0 Å². The van der Waals surface area contributed by atoms with Gasteiger partial charge in [0.25, 0.3) is 0 Å². The molecule has 12 aromatic rings. The molecular formula is C76H55NO. The molecule has 0 atom stereocenters. The largest absolute Gasteiger partial charge is 0.457 e. The van der Waals surface area contributed by atoms with Crippen LogP contribution in [0.1, 0.15) is 47.2 Å². The van der Waals surface area contributed by atoms with Crippen LogP contribution >= 0.6 is 0 Å². The molecule has 0 saturated heterocycles. The molecule has 1 aliphatic carbocycles. The van der Waals surface area contributed by atoms with E-state index < -0.39 is 5.41 Å². The van der Waals surface area contributed by atoms with Gasteiger partial charge in [-0.05, 0) is 156 Å². The Hall–Kier alpha value is -9.76. The van der Waals surface area contributed by atoms with E-state index in [9.17, 15) is 0 Å². The van der Waals surface area contributed by atoms with Gasteiger partial charge in [-0.3, -0.25) is 0 Å². The van der Waals surface area contributed by atoms with Crippen molar-refractivity contribution >= 4 is 17.1 Å². The van der Waals surface area contributed by atoms with E-state index in [1.165, 1.54) is 83.5 Å². The molecule has 2 nitrogen and oxygen atoms in total. The third-order valence-corrected chi connectivity index (χ3v) is 16.5. The highest BCUT2D eigenvalue weighted by molar-refractivity contribution is 5.91. The van der Waals surface area contributed by atoms with Gasteiger partial charge in [-0.15, -0.1) is 0 Å². The normalized spacial score (nSPS) is 13.3. The van der Waals surface area contributed by atoms with Crippen LogP contribution in [0.3, 0.4) is 0 Å². The lowest BCUT2D eigenvalue weighted by molar-refractivity contribution is 0.418. The Labute approximate surface area is 457 Å². The second-order valence-corrected chi connectivity index (χ2v) is 21.2. The molecule has 0 spiro atoms. The second kappa shape index (κ2) is 19.1. The van der Waals surface area contributed by atoms with Crippen LogP contribution in [-0.2, 0) is 10.8 Å². The van der Waals surface area contributed by atoms with Gasteiger partial charge in [0.05, 0.1) is 5.41 Å². The van der Waals surface area contributed by atoms with Crippen LogP contribution < -0.4 is 9.64 Å². The number of benzene rings is 12. The van der Waals surface area contributed by atoms with Crippen LogP contribution in [0.2, 0.25) is 0 Å². The van der Waals surface area contributed by atoms with E-state index >= 15 is 0 Å². The molecule has 12 aromatic carbocycles. The summed E-state index contributed by atoms with van der Waals surface area (Å²) in [6, 6.07) is 109. The molecule has 1 aliphatic heterocycles. The van der Waals surface area contributed by atoms with Gasteiger partial charge in [0.15, 0.2) is 0 Å². The van der Waals surface area contributed by atoms with Crippen molar-refractivity contribution in [2.75, 3.05) is 4.90 Å². The van der Waals surface area contributed by atoms with E-state index in [0.29, 0.717) is 0 Å².